The predicted molar refractivity (Wildman–Crippen MR) is 197 cm³/mol. The van der Waals surface area contributed by atoms with Crippen molar-refractivity contribution in [2.45, 2.75) is 32.6 Å². The van der Waals surface area contributed by atoms with Crippen molar-refractivity contribution in [1.29, 1.82) is 0 Å². The van der Waals surface area contributed by atoms with Crippen LogP contribution in [0.4, 0.5) is 0 Å². The molecule has 0 atom stereocenters. The van der Waals surface area contributed by atoms with E-state index in [1.807, 2.05) is 0 Å². The van der Waals surface area contributed by atoms with E-state index in [0.29, 0.717) is 0 Å². The molecule has 1 aromatic heterocycles. The van der Waals surface area contributed by atoms with Crippen molar-refractivity contribution >= 4 is 48.9 Å². The summed E-state index contributed by atoms with van der Waals surface area (Å²) in [5, 5.41) is 7.73. The van der Waals surface area contributed by atoms with Gasteiger partial charge in [0.1, 0.15) is 0 Å². The van der Waals surface area contributed by atoms with E-state index in [0.717, 1.165) is 6.42 Å². The molecule has 0 saturated carbocycles. The van der Waals surface area contributed by atoms with Crippen LogP contribution in [0, 0.1) is 0 Å². The molecule has 1 heterocycles. The van der Waals surface area contributed by atoms with Gasteiger partial charge >= 0.3 is 0 Å². The molecule has 9 rings (SSSR count). The lowest BCUT2D eigenvalue weighted by Crippen LogP contribution is -2.14. The number of fused-ring (bicyclic) bond motifs is 11. The molecule has 0 bridgehead atoms. The lowest BCUT2D eigenvalue weighted by atomic mass is 9.82. The highest BCUT2D eigenvalue weighted by molar-refractivity contribution is 6.27. The first-order valence-corrected chi connectivity index (χ1v) is 16.4. The summed E-state index contributed by atoms with van der Waals surface area (Å²) in [7, 11) is 0. The summed E-state index contributed by atoms with van der Waals surface area (Å²) >= 11 is 0. The first-order valence-electron chi connectivity index (χ1n) is 16.4. The summed E-state index contributed by atoms with van der Waals surface area (Å²) in [5.41, 5.74) is 13.0. The molecule has 0 N–H and O–H groups in total. The van der Waals surface area contributed by atoms with Crippen LogP contribution in [0.15, 0.2) is 146 Å². The first-order chi connectivity index (χ1) is 22.6. The zero-order chi connectivity index (χ0) is 31.0. The van der Waals surface area contributed by atoms with E-state index in [2.05, 4.69) is 171 Å². The van der Waals surface area contributed by atoms with Gasteiger partial charge in [-0.25, -0.2) is 0 Å². The Morgan fingerprint density at radius 2 is 1.22 bits per heavy atom. The van der Waals surface area contributed by atoms with Crippen LogP contribution in [0.1, 0.15) is 49.4 Å². The number of aromatic nitrogens is 1. The quantitative estimate of drug-likeness (QED) is 0.180. The third-order valence-electron chi connectivity index (χ3n) is 10.3. The SMILES string of the molecule is CC/C=C(\c1ccccc1)c1ccc(-n2c3c4c(ccc3c3ccc5ccc6ccccc6c5c32)C(C)(C)c2ccccc2-4)cc1. The van der Waals surface area contributed by atoms with E-state index in [9.17, 15) is 0 Å². The molecule has 0 fully saturated rings. The van der Waals surface area contributed by atoms with Gasteiger partial charge in [0.2, 0.25) is 0 Å². The number of rotatable bonds is 4. The average Bonchev–Trinajstić information content (AvgIpc) is 3.56. The van der Waals surface area contributed by atoms with Crippen LogP contribution in [0.5, 0.6) is 0 Å². The van der Waals surface area contributed by atoms with Crippen LogP contribution in [0.2, 0.25) is 0 Å². The molecule has 220 valence electrons. The van der Waals surface area contributed by atoms with Gasteiger partial charge in [-0.1, -0.05) is 154 Å². The fourth-order valence-electron chi connectivity index (χ4n) is 8.14. The molecule has 0 amide bonds. The van der Waals surface area contributed by atoms with E-state index >= 15 is 0 Å². The van der Waals surface area contributed by atoms with Crippen LogP contribution in [-0.4, -0.2) is 4.57 Å². The highest BCUT2D eigenvalue weighted by atomic mass is 15.0. The molecule has 1 nitrogen and oxygen atoms in total. The second-order valence-electron chi connectivity index (χ2n) is 13.2. The van der Waals surface area contributed by atoms with Crippen molar-refractivity contribution in [2.75, 3.05) is 0 Å². The molecule has 8 aromatic rings. The number of hydrogen-bond donors (Lipinski definition) is 0. The minimum Gasteiger partial charge on any atom is -0.308 e. The van der Waals surface area contributed by atoms with Gasteiger partial charge < -0.3 is 4.57 Å². The van der Waals surface area contributed by atoms with Gasteiger partial charge in [0.05, 0.1) is 11.0 Å². The van der Waals surface area contributed by atoms with Crippen LogP contribution in [0.3, 0.4) is 0 Å². The minimum absolute atomic E-state index is 0.0739. The summed E-state index contributed by atoms with van der Waals surface area (Å²) in [6, 6.07) is 51.8. The molecule has 0 saturated heterocycles. The van der Waals surface area contributed by atoms with Gasteiger partial charge in [0, 0.05) is 32.8 Å². The average molecular weight is 590 g/mol. The molecule has 7 aromatic carbocycles. The maximum absolute atomic E-state index is 2.58. The van der Waals surface area contributed by atoms with Crippen molar-refractivity contribution in [2.24, 2.45) is 0 Å². The topological polar surface area (TPSA) is 4.93 Å². The van der Waals surface area contributed by atoms with Crippen LogP contribution >= 0.6 is 0 Å². The molecule has 46 heavy (non-hydrogen) atoms. The number of benzene rings is 7. The molecular weight excluding hydrogens is 555 g/mol. The Kier molecular flexibility index (Phi) is 5.89. The number of hydrogen-bond acceptors (Lipinski definition) is 0. The van der Waals surface area contributed by atoms with Crippen LogP contribution in [-0.2, 0) is 5.41 Å². The molecule has 1 aliphatic carbocycles. The van der Waals surface area contributed by atoms with Gasteiger partial charge in [-0.3, -0.25) is 0 Å². The Morgan fingerprint density at radius 3 is 2.04 bits per heavy atom. The Hall–Kier alpha value is -5.40. The third-order valence-corrected chi connectivity index (χ3v) is 10.3. The summed E-state index contributed by atoms with van der Waals surface area (Å²) in [4.78, 5) is 0. The summed E-state index contributed by atoms with van der Waals surface area (Å²) in [6.07, 6.45) is 3.33. The fraction of sp³-hybridized carbons (Fsp3) is 0.111. The molecule has 1 aliphatic rings. The molecule has 1 heteroatoms. The minimum atomic E-state index is -0.0739. The Morgan fingerprint density at radius 1 is 0.565 bits per heavy atom. The summed E-state index contributed by atoms with van der Waals surface area (Å²) in [6.45, 7) is 6.96. The third kappa shape index (κ3) is 3.75. The van der Waals surface area contributed by atoms with E-state index < -0.39 is 0 Å². The fourth-order valence-corrected chi connectivity index (χ4v) is 8.14. The van der Waals surface area contributed by atoms with Gasteiger partial charge in [0.25, 0.3) is 0 Å². The Balaban J connectivity index is 1.42. The van der Waals surface area contributed by atoms with Gasteiger partial charge in [-0.2, -0.15) is 0 Å². The highest BCUT2D eigenvalue weighted by Crippen LogP contribution is 2.53. The van der Waals surface area contributed by atoms with E-state index in [1.165, 1.54) is 88.0 Å². The van der Waals surface area contributed by atoms with Crippen molar-refractivity contribution in [3.05, 3.63) is 168 Å². The first kappa shape index (κ1) is 27.0. The zero-order valence-electron chi connectivity index (χ0n) is 26.5. The maximum Gasteiger partial charge on any atom is 0.0625 e. The largest absolute Gasteiger partial charge is 0.308 e. The lowest BCUT2D eigenvalue weighted by molar-refractivity contribution is 0.661. The van der Waals surface area contributed by atoms with Crippen LogP contribution in [0.25, 0.3) is 65.7 Å². The molecule has 0 unspecified atom stereocenters. The number of allylic oxidation sites excluding steroid dienone is 1. The van der Waals surface area contributed by atoms with Crippen LogP contribution < -0.4 is 0 Å². The molecule has 0 radical (unpaired) electrons. The Bertz CT molecular complexity index is 2510. The van der Waals surface area contributed by atoms with Crippen molar-refractivity contribution in [3.63, 3.8) is 0 Å². The van der Waals surface area contributed by atoms with Crippen molar-refractivity contribution < 1.29 is 0 Å². The monoisotopic (exact) mass is 589 g/mol. The number of nitrogens with zero attached hydrogens (tertiary/aromatic N) is 1. The molecule has 0 aliphatic heterocycles. The smallest absolute Gasteiger partial charge is 0.0625 e. The highest BCUT2D eigenvalue weighted by Gasteiger charge is 2.37. The van der Waals surface area contributed by atoms with Crippen molar-refractivity contribution in [3.8, 4) is 16.8 Å². The second-order valence-corrected chi connectivity index (χ2v) is 13.2. The standard InChI is InChI=1S/C45H35N/c1-4-12-34(29-13-6-5-7-14-29)31-21-24-33(25-22-31)46-43-36(26-23-32-20-19-30-15-8-9-16-35(30)41(32)43)37-27-28-40-42(44(37)46)38-17-10-11-18-39(38)45(40,2)3/h5-28H,4H2,1-3H3/b34-12+. The molecule has 0 spiro atoms. The van der Waals surface area contributed by atoms with E-state index in [4.69, 9.17) is 0 Å². The second kappa shape index (κ2) is 10.1. The lowest BCUT2D eigenvalue weighted by Gasteiger charge is -2.21. The molecular formula is C45H35N. The summed E-state index contributed by atoms with van der Waals surface area (Å²) < 4.78 is 2.58. The Labute approximate surface area is 270 Å². The normalized spacial score (nSPS) is 13.9. The van der Waals surface area contributed by atoms with E-state index in [-0.39, 0.29) is 5.41 Å². The van der Waals surface area contributed by atoms with Gasteiger partial charge in [0.15, 0.2) is 0 Å². The van der Waals surface area contributed by atoms with Gasteiger partial charge in [-0.15, -0.1) is 0 Å². The maximum atomic E-state index is 2.58. The van der Waals surface area contributed by atoms with Crippen molar-refractivity contribution in [1.82, 2.24) is 4.57 Å². The summed E-state index contributed by atoms with van der Waals surface area (Å²) in [5.74, 6) is 0. The van der Waals surface area contributed by atoms with E-state index in [1.54, 1.807) is 0 Å². The zero-order valence-corrected chi connectivity index (χ0v) is 26.5. The predicted octanol–water partition coefficient (Wildman–Crippen LogP) is 12.2. The van der Waals surface area contributed by atoms with Gasteiger partial charge in [-0.05, 0) is 68.1 Å².